The highest BCUT2D eigenvalue weighted by Crippen LogP contribution is 2.08. The highest BCUT2D eigenvalue weighted by molar-refractivity contribution is 6.02. The van der Waals surface area contributed by atoms with Gasteiger partial charge in [-0.25, -0.2) is 4.68 Å². The zero-order chi connectivity index (χ0) is 13.9. The summed E-state index contributed by atoms with van der Waals surface area (Å²) in [5.74, 6) is 0.112. The lowest BCUT2D eigenvalue weighted by molar-refractivity contribution is 0.102. The molecule has 100 valence electrons. The Morgan fingerprint density at radius 1 is 1.30 bits per heavy atom. The zero-order valence-electron chi connectivity index (χ0n) is 10.7. The van der Waals surface area contributed by atoms with E-state index in [2.05, 4.69) is 25.8 Å². The number of H-pyrrole nitrogens is 1. The predicted molar refractivity (Wildman–Crippen MR) is 72.6 cm³/mol. The van der Waals surface area contributed by atoms with Crippen LogP contribution in [0.25, 0.3) is 5.69 Å². The normalized spacial score (nSPS) is 10.4. The lowest BCUT2D eigenvalue weighted by atomic mass is 10.3. The van der Waals surface area contributed by atoms with E-state index in [1.54, 1.807) is 16.9 Å². The van der Waals surface area contributed by atoms with E-state index in [4.69, 9.17) is 0 Å². The van der Waals surface area contributed by atoms with Crippen molar-refractivity contribution in [2.75, 3.05) is 5.32 Å². The number of aryl methyl sites for hydroxylation is 1. The average Bonchev–Trinajstić information content (AvgIpc) is 3.09. The second-order valence-corrected chi connectivity index (χ2v) is 4.27. The minimum Gasteiger partial charge on any atom is -0.304 e. The van der Waals surface area contributed by atoms with Crippen LogP contribution in [0, 0.1) is 6.92 Å². The molecule has 0 fully saturated rings. The molecule has 0 unspecified atom stereocenters. The molecule has 1 amide bonds. The van der Waals surface area contributed by atoms with Crippen LogP contribution in [0.3, 0.4) is 0 Å². The largest absolute Gasteiger partial charge is 0.304 e. The van der Waals surface area contributed by atoms with E-state index in [9.17, 15) is 4.79 Å². The Morgan fingerprint density at radius 2 is 2.10 bits per heavy atom. The van der Waals surface area contributed by atoms with Gasteiger partial charge in [0.25, 0.3) is 5.91 Å². The van der Waals surface area contributed by atoms with Crippen LogP contribution in [-0.4, -0.2) is 31.1 Å². The SMILES string of the molecule is Cc1cc(NC(=O)c2cn(-c3ccccc3)nn2)n[nH]1. The molecule has 1 aromatic carbocycles. The van der Waals surface area contributed by atoms with Crippen LogP contribution in [0.5, 0.6) is 0 Å². The number of carbonyl (C=O) groups is 1. The van der Waals surface area contributed by atoms with Gasteiger partial charge in [-0.05, 0) is 19.1 Å². The Hall–Kier alpha value is -2.96. The van der Waals surface area contributed by atoms with Crippen molar-refractivity contribution in [3.8, 4) is 5.69 Å². The Kier molecular flexibility index (Phi) is 3.00. The second kappa shape index (κ2) is 4.96. The smallest absolute Gasteiger partial charge is 0.279 e. The third-order valence-corrected chi connectivity index (χ3v) is 2.69. The number of hydrogen-bond acceptors (Lipinski definition) is 4. The summed E-state index contributed by atoms with van der Waals surface area (Å²) in [6, 6.07) is 11.2. The van der Waals surface area contributed by atoms with Crippen LogP contribution in [0.4, 0.5) is 5.82 Å². The van der Waals surface area contributed by atoms with Gasteiger partial charge in [-0.15, -0.1) is 5.10 Å². The molecule has 0 saturated heterocycles. The molecule has 20 heavy (non-hydrogen) atoms. The van der Waals surface area contributed by atoms with Gasteiger partial charge in [0, 0.05) is 11.8 Å². The number of aromatic nitrogens is 5. The van der Waals surface area contributed by atoms with E-state index in [0.717, 1.165) is 11.4 Å². The number of benzene rings is 1. The summed E-state index contributed by atoms with van der Waals surface area (Å²) in [6.45, 7) is 1.86. The molecule has 3 aromatic rings. The molecule has 0 atom stereocenters. The number of hydrogen-bond donors (Lipinski definition) is 2. The molecule has 2 N–H and O–H groups in total. The van der Waals surface area contributed by atoms with E-state index in [1.165, 1.54) is 0 Å². The molecular formula is C13H12N6O. The summed E-state index contributed by atoms with van der Waals surface area (Å²) >= 11 is 0. The Morgan fingerprint density at radius 3 is 2.80 bits per heavy atom. The maximum atomic E-state index is 12.0. The standard InChI is InChI=1S/C13H12N6O/c1-9-7-12(17-15-9)14-13(20)11-8-19(18-16-11)10-5-3-2-4-6-10/h2-8H,1H3,(H2,14,15,17,20). The Labute approximate surface area is 114 Å². The maximum absolute atomic E-state index is 12.0. The summed E-state index contributed by atoms with van der Waals surface area (Å²) in [4.78, 5) is 12.0. The van der Waals surface area contributed by atoms with Gasteiger partial charge < -0.3 is 5.32 Å². The number of nitrogens with zero attached hydrogens (tertiary/aromatic N) is 4. The minimum absolute atomic E-state index is 0.231. The molecule has 7 nitrogen and oxygen atoms in total. The van der Waals surface area contributed by atoms with Gasteiger partial charge >= 0.3 is 0 Å². The van der Waals surface area contributed by atoms with Crippen molar-refractivity contribution in [1.82, 2.24) is 25.2 Å². The summed E-state index contributed by atoms with van der Waals surface area (Å²) in [6.07, 6.45) is 1.57. The van der Waals surface area contributed by atoms with Crippen LogP contribution < -0.4 is 5.32 Å². The lowest BCUT2D eigenvalue weighted by Gasteiger charge is -1.98. The molecule has 0 radical (unpaired) electrons. The molecule has 2 aromatic heterocycles. The van der Waals surface area contributed by atoms with Crippen LogP contribution in [0.15, 0.2) is 42.6 Å². The molecule has 3 rings (SSSR count). The first-order chi connectivity index (χ1) is 9.72. The molecule has 0 saturated carbocycles. The first-order valence-electron chi connectivity index (χ1n) is 6.03. The van der Waals surface area contributed by atoms with E-state index in [0.29, 0.717) is 5.82 Å². The number of aromatic amines is 1. The first kappa shape index (κ1) is 12.1. The first-order valence-corrected chi connectivity index (χ1v) is 6.03. The van der Waals surface area contributed by atoms with Crippen LogP contribution in [-0.2, 0) is 0 Å². The number of amides is 1. The summed E-state index contributed by atoms with van der Waals surface area (Å²) in [5, 5.41) is 17.1. The predicted octanol–water partition coefficient (Wildman–Crippen LogP) is 1.55. The van der Waals surface area contributed by atoms with Crippen LogP contribution >= 0.6 is 0 Å². The Balaban J connectivity index is 1.78. The number of anilines is 1. The van der Waals surface area contributed by atoms with Crippen LogP contribution in [0.2, 0.25) is 0 Å². The third kappa shape index (κ3) is 2.41. The van der Waals surface area contributed by atoms with Crippen molar-refractivity contribution >= 4 is 11.7 Å². The number of rotatable bonds is 3. The van der Waals surface area contributed by atoms with E-state index >= 15 is 0 Å². The second-order valence-electron chi connectivity index (χ2n) is 4.27. The maximum Gasteiger partial charge on any atom is 0.279 e. The van der Waals surface area contributed by atoms with Crippen molar-refractivity contribution in [2.24, 2.45) is 0 Å². The molecule has 7 heteroatoms. The number of carbonyl (C=O) groups excluding carboxylic acids is 1. The quantitative estimate of drug-likeness (QED) is 0.754. The molecule has 0 spiro atoms. The molecule has 0 bridgehead atoms. The average molecular weight is 268 g/mol. The molecule has 0 aliphatic rings. The molecule has 2 heterocycles. The van der Waals surface area contributed by atoms with E-state index in [1.807, 2.05) is 37.3 Å². The zero-order valence-corrected chi connectivity index (χ0v) is 10.7. The van der Waals surface area contributed by atoms with Crippen molar-refractivity contribution < 1.29 is 4.79 Å². The Bertz CT molecular complexity index is 730. The van der Waals surface area contributed by atoms with Gasteiger partial charge in [0.05, 0.1) is 11.9 Å². The van der Waals surface area contributed by atoms with Crippen LogP contribution in [0.1, 0.15) is 16.2 Å². The fraction of sp³-hybridized carbons (Fsp3) is 0.0769. The van der Waals surface area contributed by atoms with Gasteiger partial charge in [0.1, 0.15) is 0 Å². The molecule has 0 aliphatic carbocycles. The summed E-state index contributed by atoms with van der Waals surface area (Å²) in [7, 11) is 0. The fourth-order valence-corrected chi connectivity index (χ4v) is 1.74. The summed E-state index contributed by atoms with van der Waals surface area (Å²) in [5.41, 5.74) is 1.94. The van der Waals surface area contributed by atoms with E-state index < -0.39 is 0 Å². The van der Waals surface area contributed by atoms with Gasteiger partial charge in [0.15, 0.2) is 11.5 Å². The van der Waals surface area contributed by atoms with Crippen molar-refractivity contribution in [2.45, 2.75) is 6.92 Å². The van der Waals surface area contributed by atoms with Gasteiger partial charge in [-0.2, -0.15) is 5.10 Å². The minimum atomic E-state index is -0.348. The number of para-hydroxylation sites is 1. The van der Waals surface area contributed by atoms with E-state index in [-0.39, 0.29) is 11.6 Å². The fourth-order valence-electron chi connectivity index (χ4n) is 1.74. The van der Waals surface area contributed by atoms with Crippen molar-refractivity contribution in [1.29, 1.82) is 0 Å². The topological polar surface area (TPSA) is 88.5 Å². The lowest BCUT2D eigenvalue weighted by Crippen LogP contribution is -2.12. The summed E-state index contributed by atoms with van der Waals surface area (Å²) < 4.78 is 1.55. The van der Waals surface area contributed by atoms with Gasteiger partial charge in [-0.1, -0.05) is 23.4 Å². The van der Waals surface area contributed by atoms with Crippen molar-refractivity contribution in [3.05, 3.63) is 54.0 Å². The molecular weight excluding hydrogens is 256 g/mol. The van der Waals surface area contributed by atoms with Gasteiger partial charge in [0.2, 0.25) is 0 Å². The highest BCUT2D eigenvalue weighted by atomic mass is 16.2. The number of nitrogens with one attached hydrogen (secondary N) is 2. The third-order valence-electron chi connectivity index (χ3n) is 2.69. The molecule has 0 aliphatic heterocycles. The monoisotopic (exact) mass is 268 g/mol. The highest BCUT2D eigenvalue weighted by Gasteiger charge is 2.12. The van der Waals surface area contributed by atoms with Gasteiger partial charge in [-0.3, -0.25) is 9.89 Å². The van der Waals surface area contributed by atoms with Crippen molar-refractivity contribution in [3.63, 3.8) is 0 Å².